The van der Waals surface area contributed by atoms with Crippen molar-refractivity contribution in [3.8, 4) is 0 Å². The molecule has 0 spiro atoms. The van der Waals surface area contributed by atoms with Crippen molar-refractivity contribution in [3.05, 3.63) is 22.4 Å². The van der Waals surface area contributed by atoms with Crippen molar-refractivity contribution >= 4 is 11.3 Å². The highest BCUT2D eigenvalue weighted by molar-refractivity contribution is 7.09. The van der Waals surface area contributed by atoms with Crippen LogP contribution >= 0.6 is 11.3 Å². The lowest BCUT2D eigenvalue weighted by atomic mass is 9.77. The molecular formula is C13H21NO3S. The van der Waals surface area contributed by atoms with E-state index < -0.39 is 6.10 Å². The standard InChI is InChI=1S/C13H21NO3S/c15-10-13(4-2-5-13)14-7-11(16)8-17-9-12-3-1-6-18-12/h1,3,6,11,14-16H,2,4-5,7-10H2. The van der Waals surface area contributed by atoms with Gasteiger partial charge in [0.2, 0.25) is 0 Å². The summed E-state index contributed by atoms with van der Waals surface area (Å²) in [5.41, 5.74) is -0.144. The molecule has 102 valence electrons. The van der Waals surface area contributed by atoms with Crippen LogP contribution in [0.2, 0.25) is 0 Å². The predicted molar refractivity (Wildman–Crippen MR) is 71.7 cm³/mol. The zero-order chi connectivity index (χ0) is 12.8. The Morgan fingerprint density at radius 2 is 2.33 bits per heavy atom. The molecule has 4 nitrogen and oxygen atoms in total. The summed E-state index contributed by atoms with van der Waals surface area (Å²) in [7, 11) is 0. The summed E-state index contributed by atoms with van der Waals surface area (Å²) in [6.45, 7) is 1.51. The molecule has 1 atom stereocenters. The molecule has 1 fully saturated rings. The topological polar surface area (TPSA) is 61.7 Å². The van der Waals surface area contributed by atoms with Crippen molar-refractivity contribution in [3.63, 3.8) is 0 Å². The molecule has 0 radical (unpaired) electrons. The summed E-state index contributed by atoms with van der Waals surface area (Å²) in [5, 5.41) is 24.3. The van der Waals surface area contributed by atoms with Gasteiger partial charge in [0.05, 0.1) is 25.9 Å². The maximum absolute atomic E-state index is 9.79. The van der Waals surface area contributed by atoms with Crippen LogP contribution < -0.4 is 5.32 Å². The van der Waals surface area contributed by atoms with Crippen LogP contribution in [0.1, 0.15) is 24.1 Å². The third kappa shape index (κ3) is 3.76. The molecule has 5 heteroatoms. The Kier molecular flexibility index (Phi) is 5.14. The number of aliphatic hydroxyl groups excluding tert-OH is 2. The Bertz CT molecular complexity index is 333. The first-order chi connectivity index (χ1) is 8.74. The van der Waals surface area contributed by atoms with Crippen molar-refractivity contribution in [2.45, 2.75) is 37.5 Å². The zero-order valence-corrected chi connectivity index (χ0v) is 11.3. The largest absolute Gasteiger partial charge is 0.394 e. The molecule has 1 aliphatic carbocycles. The lowest BCUT2D eigenvalue weighted by molar-refractivity contribution is 0.0141. The minimum atomic E-state index is -0.519. The smallest absolute Gasteiger partial charge is 0.0898 e. The summed E-state index contributed by atoms with van der Waals surface area (Å²) < 4.78 is 5.45. The number of aliphatic hydroxyl groups is 2. The molecule has 0 aliphatic heterocycles. The molecule has 1 saturated carbocycles. The molecule has 1 aromatic rings. The Balaban J connectivity index is 1.59. The highest BCUT2D eigenvalue weighted by atomic mass is 32.1. The van der Waals surface area contributed by atoms with E-state index in [2.05, 4.69) is 5.32 Å². The fourth-order valence-electron chi connectivity index (χ4n) is 2.08. The van der Waals surface area contributed by atoms with Crippen LogP contribution in [0.25, 0.3) is 0 Å². The maximum Gasteiger partial charge on any atom is 0.0898 e. The van der Waals surface area contributed by atoms with Crippen LogP contribution in [0.5, 0.6) is 0 Å². The maximum atomic E-state index is 9.79. The molecule has 1 aliphatic rings. The normalized spacial score (nSPS) is 19.4. The van der Waals surface area contributed by atoms with Gasteiger partial charge in [-0.3, -0.25) is 0 Å². The minimum Gasteiger partial charge on any atom is -0.394 e. The summed E-state index contributed by atoms with van der Waals surface area (Å²) >= 11 is 1.65. The monoisotopic (exact) mass is 271 g/mol. The van der Waals surface area contributed by atoms with Gasteiger partial charge >= 0.3 is 0 Å². The highest BCUT2D eigenvalue weighted by Gasteiger charge is 2.35. The van der Waals surface area contributed by atoms with Crippen molar-refractivity contribution in [1.82, 2.24) is 5.32 Å². The Morgan fingerprint density at radius 3 is 2.89 bits per heavy atom. The molecule has 1 heterocycles. The Hall–Kier alpha value is -0.460. The van der Waals surface area contributed by atoms with Gasteiger partial charge in [-0.05, 0) is 30.7 Å². The SMILES string of the molecule is OCC1(NCC(O)COCc2cccs2)CCC1. The van der Waals surface area contributed by atoms with Gasteiger partial charge in [0, 0.05) is 17.0 Å². The van der Waals surface area contributed by atoms with Crippen LogP contribution in [-0.2, 0) is 11.3 Å². The fraction of sp³-hybridized carbons (Fsp3) is 0.692. The molecule has 0 amide bonds. The minimum absolute atomic E-state index is 0.144. The molecule has 3 N–H and O–H groups in total. The van der Waals surface area contributed by atoms with Gasteiger partial charge in [-0.2, -0.15) is 0 Å². The molecule has 18 heavy (non-hydrogen) atoms. The first kappa shape index (κ1) is 14.0. The van der Waals surface area contributed by atoms with E-state index in [0.29, 0.717) is 19.8 Å². The molecule has 0 aromatic carbocycles. The van der Waals surface area contributed by atoms with E-state index in [9.17, 15) is 10.2 Å². The number of ether oxygens (including phenoxy) is 1. The summed E-state index contributed by atoms with van der Waals surface area (Å²) in [6.07, 6.45) is 2.62. The van der Waals surface area contributed by atoms with Gasteiger partial charge in [0.1, 0.15) is 0 Å². The quantitative estimate of drug-likeness (QED) is 0.663. The average molecular weight is 271 g/mol. The van der Waals surface area contributed by atoms with Crippen molar-refractivity contribution in [2.75, 3.05) is 19.8 Å². The van der Waals surface area contributed by atoms with Crippen LogP contribution in [0.3, 0.4) is 0 Å². The number of nitrogens with one attached hydrogen (secondary N) is 1. The van der Waals surface area contributed by atoms with E-state index in [1.807, 2.05) is 17.5 Å². The Labute approximate surface area is 112 Å². The van der Waals surface area contributed by atoms with E-state index in [-0.39, 0.29) is 12.1 Å². The van der Waals surface area contributed by atoms with Crippen molar-refractivity contribution in [2.24, 2.45) is 0 Å². The lowest BCUT2D eigenvalue weighted by Gasteiger charge is -2.41. The van der Waals surface area contributed by atoms with E-state index in [1.165, 1.54) is 4.88 Å². The first-order valence-electron chi connectivity index (χ1n) is 6.38. The van der Waals surface area contributed by atoms with Crippen molar-refractivity contribution < 1.29 is 14.9 Å². The second-order valence-electron chi connectivity index (χ2n) is 4.92. The molecule has 1 unspecified atom stereocenters. The number of rotatable bonds is 8. The number of hydrogen-bond acceptors (Lipinski definition) is 5. The van der Waals surface area contributed by atoms with E-state index in [1.54, 1.807) is 11.3 Å². The predicted octanol–water partition coefficient (Wildman–Crippen LogP) is 1.13. The lowest BCUT2D eigenvalue weighted by Crippen LogP contribution is -2.56. The summed E-state index contributed by atoms with van der Waals surface area (Å²) in [5.74, 6) is 0. The zero-order valence-electron chi connectivity index (χ0n) is 10.5. The summed E-state index contributed by atoms with van der Waals surface area (Å²) in [6, 6.07) is 4.01. The van der Waals surface area contributed by atoms with E-state index in [4.69, 9.17) is 4.74 Å². The Morgan fingerprint density at radius 1 is 1.50 bits per heavy atom. The average Bonchev–Trinajstić information content (AvgIpc) is 2.81. The van der Waals surface area contributed by atoms with Gasteiger partial charge in [-0.25, -0.2) is 0 Å². The molecule has 1 aromatic heterocycles. The van der Waals surface area contributed by atoms with E-state index >= 15 is 0 Å². The van der Waals surface area contributed by atoms with Crippen LogP contribution in [-0.4, -0.2) is 41.6 Å². The van der Waals surface area contributed by atoms with Gasteiger partial charge in [0.15, 0.2) is 0 Å². The van der Waals surface area contributed by atoms with E-state index in [0.717, 1.165) is 19.3 Å². The van der Waals surface area contributed by atoms with Gasteiger partial charge in [0.25, 0.3) is 0 Å². The molecule has 0 bridgehead atoms. The second kappa shape index (κ2) is 6.63. The van der Waals surface area contributed by atoms with Gasteiger partial charge in [-0.1, -0.05) is 6.07 Å². The fourth-order valence-corrected chi connectivity index (χ4v) is 2.72. The van der Waals surface area contributed by atoms with Gasteiger partial charge in [-0.15, -0.1) is 11.3 Å². The third-order valence-corrected chi connectivity index (χ3v) is 4.31. The second-order valence-corrected chi connectivity index (χ2v) is 5.95. The van der Waals surface area contributed by atoms with Crippen LogP contribution in [0, 0.1) is 0 Å². The number of β-amino-alcohol motifs (C(OH)–C–C–N with tert-alkyl or cyclic N) is 1. The van der Waals surface area contributed by atoms with Crippen LogP contribution in [0.4, 0.5) is 0 Å². The molecule has 2 rings (SSSR count). The summed E-state index contributed by atoms with van der Waals surface area (Å²) in [4.78, 5) is 1.17. The highest BCUT2D eigenvalue weighted by Crippen LogP contribution is 2.30. The molecular weight excluding hydrogens is 250 g/mol. The third-order valence-electron chi connectivity index (χ3n) is 3.46. The van der Waals surface area contributed by atoms with Gasteiger partial charge < -0.3 is 20.3 Å². The molecule has 0 saturated heterocycles. The first-order valence-corrected chi connectivity index (χ1v) is 7.26. The van der Waals surface area contributed by atoms with Crippen molar-refractivity contribution in [1.29, 1.82) is 0 Å². The number of thiophene rings is 1. The van der Waals surface area contributed by atoms with Crippen LogP contribution in [0.15, 0.2) is 17.5 Å². The number of hydrogen-bond donors (Lipinski definition) is 3.